The van der Waals surface area contributed by atoms with E-state index in [1.165, 1.54) is 11.3 Å². The summed E-state index contributed by atoms with van der Waals surface area (Å²) in [7, 11) is 0. The van der Waals surface area contributed by atoms with Crippen LogP contribution < -0.4 is 16.4 Å². The zero-order valence-electron chi connectivity index (χ0n) is 11.0. The first-order valence-electron chi connectivity index (χ1n) is 6.55. The maximum absolute atomic E-state index is 11.9. The van der Waals surface area contributed by atoms with Crippen LogP contribution in [0.4, 0.5) is 10.9 Å². The molecule has 0 radical (unpaired) electrons. The second-order valence-corrected chi connectivity index (χ2v) is 5.90. The Morgan fingerprint density at radius 3 is 3.00 bits per heavy atom. The van der Waals surface area contributed by atoms with Gasteiger partial charge in [-0.05, 0) is 32.6 Å². The molecule has 0 aromatic carbocycles. The van der Waals surface area contributed by atoms with Gasteiger partial charge >= 0.3 is 0 Å². The lowest BCUT2D eigenvalue weighted by Crippen LogP contribution is -2.25. The van der Waals surface area contributed by atoms with Crippen LogP contribution in [0, 0.1) is 0 Å². The lowest BCUT2D eigenvalue weighted by molar-refractivity contribution is 0.0954. The predicted molar refractivity (Wildman–Crippen MR) is 76.4 cm³/mol. The van der Waals surface area contributed by atoms with Crippen molar-refractivity contribution in [2.45, 2.75) is 44.8 Å². The van der Waals surface area contributed by atoms with E-state index in [2.05, 4.69) is 15.6 Å². The fourth-order valence-electron chi connectivity index (χ4n) is 1.64. The molecule has 1 aromatic rings. The molecule has 0 aliphatic heterocycles. The first-order chi connectivity index (χ1) is 9.06. The molecule has 0 spiro atoms. The zero-order chi connectivity index (χ0) is 13.8. The summed E-state index contributed by atoms with van der Waals surface area (Å²) in [5.74, 6) is 0.0885. The highest BCUT2D eigenvalue weighted by molar-refractivity contribution is 7.18. The molecule has 0 bridgehead atoms. The van der Waals surface area contributed by atoms with Gasteiger partial charge in [0.1, 0.15) is 10.7 Å². The average Bonchev–Trinajstić information content (AvgIpc) is 3.07. The van der Waals surface area contributed by atoms with E-state index in [0.717, 1.165) is 19.3 Å². The van der Waals surface area contributed by atoms with Crippen LogP contribution >= 0.6 is 11.3 Å². The van der Waals surface area contributed by atoms with Gasteiger partial charge in [-0.15, -0.1) is 0 Å². The van der Waals surface area contributed by atoms with Crippen molar-refractivity contribution in [2.75, 3.05) is 17.6 Å². The largest absolute Gasteiger partial charge is 0.393 e. The van der Waals surface area contributed by atoms with Crippen molar-refractivity contribution in [3.63, 3.8) is 0 Å². The van der Waals surface area contributed by atoms with Gasteiger partial charge in [0.05, 0.1) is 6.10 Å². The minimum Gasteiger partial charge on any atom is -0.393 e. The number of nitrogens with one attached hydrogen (secondary N) is 2. The van der Waals surface area contributed by atoms with Gasteiger partial charge in [0.25, 0.3) is 5.91 Å². The van der Waals surface area contributed by atoms with Crippen LogP contribution in [0.15, 0.2) is 0 Å². The van der Waals surface area contributed by atoms with Crippen LogP contribution in [0.25, 0.3) is 0 Å². The van der Waals surface area contributed by atoms with Gasteiger partial charge in [0, 0.05) is 12.6 Å². The summed E-state index contributed by atoms with van der Waals surface area (Å²) in [4.78, 5) is 16.5. The highest BCUT2D eigenvalue weighted by atomic mass is 32.1. The van der Waals surface area contributed by atoms with Gasteiger partial charge in [-0.1, -0.05) is 11.3 Å². The zero-order valence-corrected chi connectivity index (χ0v) is 11.8. The molecule has 19 heavy (non-hydrogen) atoms. The molecule has 1 atom stereocenters. The van der Waals surface area contributed by atoms with Crippen molar-refractivity contribution in [2.24, 2.45) is 0 Å². The third kappa shape index (κ3) is 4.36. The molecular formula is C12H20N4O2S. The van der Waals surface area contributed by atoms with E-state index < -0.39 is 0 Å². The Balaban J connectivity index is 1.82. The Morgan fingerprint density at radius 2 is 2.37 bits per heavy atom. The van der Waals surface area contributed by atoms with E-state index in [-0.39, 0.29) is 17.8 Å². The van der Waals surface area contributed by atoms with Gasteiger partial charge in [0.2, 0.25) is 0 Å². The summed E-state index contributed by atoms with van der Waals surface area (Å²) in [5, 5.41) is 15.9. The molecule has 1 aliphatic carbocycles. The Labute approximate surface area is 116 Å². The van der Waals surface area contributed by atoms with E-state index in [9.17, 15) is 4.79 Å². The number of aromatic nitrogens is 1. The Kier molecular flexibility index (Phi) is 4.60. The highest BCUT2D eigenvalue weighted by Gasteiger charge is 2.24. The standard InChI is InChI=1S/C12H20N4O2S/c1-7(17)3-2-6-14-11(18)9-10(13)16-12(19-9)15-8-4-5-8/h7-8,17H,2-6,13H2,1H3,(H,14,18)(H,15,16). The smallest absolute Gasteiger partial charge is 0.265 e. The fourth-order valence-corrected chi connectivity index (χ4v) is 2.52. The third-order valence-electron chi connectivity index (χ3n) is 2.85. The van der Waals surface area contributed by atoms with Crippen molar-refractivity contribution >= 4 is 28.2 Å². The van der Waals surface area contributed by atoms with Crippen LogP contribution in [0.1, 0.15) is 42.3 Å². The molecule has 1 aliphatic rings. The molecule has 1 saturated carbocycles. The number of aliphatic hydroxyl groups excluding tert-OH is 1. The van der Waals surface area contributed by atoms with Gasteiger partial charge in [-0.2, -0.15) is 0 Å². The van der Waals surface area contributed by atoms with Crippen molar-refractivity contribution in [1.29, 1.82) is 0 Å². The van der Waals surface area contributed by atoms with Crippen LogP contribution in [0.5, 0.6) is 0 Å². The van der Waals surface area contributed by atoms with Crippen LogP contribution in [-0.2, 0) is 0 Å². The second-order valence-electron chi connectivity index (χ2n) is 4.90. The Bertz CT molecular complexity index is 443. The molecule has 2 rings (SSSR count). The number of nitrogens with two attached hydrogens (primary N) is 1. The molecule has 106 valence electrons. The molecule has 7 heteroatoms. The molecule has 1 amide bonds. The molecule has 1 heterocycles. The van der Waals surface area contributed by atoms with E-state index >= 15 is 0 Å². The van der Waals surface area contributed by atoms with Gasteiger partial charge < -0.3 is 21.5 Å². The number of nitrogen functional groups attached to an aromatic ring is 1. The number of rotatable bonds is 7. The van der Waals surface area contributed by atoms with Crippen LogP contribution in [-0.4, -0.2) is 34.7 Å². The average molecular weight is 284 g/mol. The Morgan fingerprint density at radius 1 is 1.63 bits per heavy atom. The Hall–Kier alpha value is -1.34. The molecule has 5 N–H and O–H groups in total. The summed E-state index contributed by atoms with van der Waals surface area (Å²) < 4.78 is 0. The van der Waals surface area contributed by atoms with Crippen molar-refractivity contribution in [3.8, 4) is 0 Å². The molecule has 0 saturated heterocycles. The van der Waals surface area contributed by atoms with E-state index in [1.54, 1.807) is 6.92 Å². The normalized spacial score (nSPS) is 16.1. The molecule has 1 unspecified atom stereocenters. The third-order valence-corrected chi connectivity index (χ3v) is 3.85. The molecule has 1 fully saturated rings. The number of amides is 1. The van der Waals surface area contributed by atoms with Gasteiger partial charge in [-0.3, -0.25) is 4.79 Å². The van der Waals surface area contributed by atoms with Gasteiger partial charge in [-0.25, -0.2) is 4.98 Å². The number of hydrogen-bond acceptors (Lipinski definition) is 6. The topological polar surface area (TPSA) is 100 Å². The molecule has 1 aromatic heterocycles. The summed E-state index contributed by atoms with van der Waals surface area (Å²) in [6, 6.07) is 0.493. The molecule has 6 nitrogen and oxygen atoms in total. The lowest BCUT2D eigenvalue weighted by atomic mass is 10.2. The van der Waals surface area contributed by atoms with Crippen molar-refractivity contribution in [3.05, 3.63) is 4.88 Å². The number of carbonyl (C=O) groups is 1. The number of carbonyl (C=O) groups excluding carboxylic acids is 1. The highest BCUT2D eigenvalue weighted by Crippen LogP contribution is 2.30. The number of hydrogen-bond donors (Lipinski definition) is 4. The van der Waals surface area contributed by atoms with E-state index in [1.807, 2.05) is 0 Å². The fraction of sp³-hybridized carbons (Fsp3) is 0.667. The number of thiazole rings is 1. The predicted octanol–water partition coefficient (Wildman–Crippen LogP) is 1.19. The lowest BCUT2D eigenvalue weighted by Gasteiger charge is -2.05. The van der Waals surface area contributed by atoms with E-state index in [4.69, 9.17) is 10.8 Å². The summed E-state index contributed by atoms with van der Waals surface area (Å²) >= 11 is 1.29. The van der Waals surface area contributed by atoms with E-state index in [0.29, 0.717) is 29.0 Å². The van der Waals surface area contributed by atoms with Crippen molar-refractivity contribution < 1.29 is 9.90 Å². The molecular weight excluding hydrogens is 264 g/mol. The minimum absolute atomic E-state index is 0.190. The first-order valence-corrected chi connectivity index (χ1v) is 7.37. The SMILES string of the molecule is CC(O)CCCNC(=O)c1sc(NC2CC2)nc1N. The number of aliphatic hydroxyl groups is 1. The quantitative estimate of drug-likeness (QED) is 0.564. The maximum atomic E-state index is 11.9. The summed E-state index contributed by atoms with van der Waals surface area (Å²) in [5.41, 5.74) is 5.75. The number of nitrogens with zero attached hydrogens (tertiary/aromatic N) is 1. The monoisotopic (exact) mass is 284 g/mol. The first kappa shape index (κ1) is 14.1. The van der Waals surface area contributed by atoms with Crippen LogP contribution in [0.2, 0.25) is 0 Å². The maximum Gasteiger partial charge on any atom is 0.265 e. The second kappa shape index (κ2) is 6.21. The van der Waals surface area contributed by atoms with Crippen LogP contribution in [0.3, 0.4) is 0 Å². The summed E-state index contributed by atoms with van der Waals surface area (Å²) in [6.07, 6.45) is 3.39. The number of anilines is 2. The minimum atomic E-state index is -0.334. The summed E-state index contributed by atoms with van der Waals surface area (Å²) in [6.45, 7) is 2.27. The van der Waals surface area contributed by atoms with Gasteiger partial charge in [0.15, 0.2) is 5.13 Å². The van der Waals surface area contributed by atoms with Crippen molar-refractivity contribution in [1.82, 2.24) is 10.3 Å².